The molecule has 0 aliphatic carbocycles. The van der Waals surface area contributed by atoms with Gasteiger partial charge in [-0.15, -0.1) is 0 Å². The van der Waals surface area contributed by atoms with E-state index >= 15 is 0 Å². The number of phosphoric acid groups is 1. The fraction of sp³-hybridized carbons (Fsp3) is 0.133. The van der Waals surface area contributed by atoms with Crippen molar-refractivity contribution in [2.45, 2.75) is 20.3 Å². The van der Waals surface area contributed by atoms with Crippen molar-refractivity contribution in [3.05, 3.63) is 115 Å². The van der Waals surface area contributed by atoms with Crippen LogP contribution in [0, 0.1) is 5.92 Å². The Kier molecular flexibility index (Phi) is 6.48. The number of hydrogen-bond donors (Lipinski definition) is 0. The molecule has 0 aromatic heterocycles. The summed E-state index contributed by atoms with van der Waals surface area (Å²) in [4.78, 5) is 0. The number of hydrogen-bond acceptors (Lipinski definition) is 4. The van der Waals surface area contributed by atoms with E-state index in [2.05, 4.69) is 13.8 Å². The first-order chi connectivity index (χ1) is 17.0. The maximum atomic E-state index is 14.0. The summed E-state index contributed by atoms with van der Waals surface area (Å²) in [5.41, 5.74) is 1.19. The summed E-state index contributed by atoms with van der Waals surface area (Å²) in [5.74, 6) is 1.77. The zero-order chi connectivity index (χ0) is 24.3. The molecule has 0 saturated heterocycles. The quantitative estimate of drug-likeness (QED) is 0.207. The molecule has 0 aliphatic heterocycles. The fourth-order valence-corrected chi connectivity index (χ4v) is 5.28. The fourth-order valence-electron chi connectivity index (χ4n) is 4.05. The number of benzene rings is 5. The Morgan fingerprint density at radius 2 is 1.00 bits per heavy atom. The van der Waals surface area contributed by atoms with Crippen molar-refractivity contribution in [2.75, 3.05) is 0 Å². The van der Waals surface area contributed by atoms with Crippen LogP contribution >= 0.6 is 7.82 Å². The van der Waals surface area contributed by atoms with Crippen molar-refractivity contribution in [3.63, 3.8) is 0 Å². The Hall–Kier alpha value is -3.75. The molecule has 0 bridgehead atoms. The Morgan fingerprint density at radius 1 is 0.571 bits per heavy atom. The molecule has 0 N–H and O–H groups in total. The molecule has 0 heterocycles. The molecule has 0 fully saturated rings. The van der Waals surface area contributed by atoms with E-state index in [9.17, 15) is 4.57 Å². The minimum atomic E-state index is -4.08. The minimum absolute atomic E-state index is 0.407. The maximum absolute atomic E-state index is 14.0. The topological polar surface area (TPSA) is 44.8 Å². The smallest absolute Gasteiger partial charge is 0.386 e. The molecule has 5 aromatic carbocycles. The SMILES string of the molecule is CC(C)Cc1ccc(OP(=O)(Oc2ccc3ccccc3c2)Oc2ccc3ccccc3c2)cc1. The predicted octanol–water partition coefficient (Wildman–Crippen LogP) is 8.84. The largest absolute Gasteiger partial charge is 0.647 e. The van der Waals surface area contributed by atoms with Gasteiger partial charge in [0.05, 0.1) is 0 Å². The summed E-state index contributed by atoms with van der Waals surface area (Å²) in [6.45, 7) is 4.35. The van der Waals surface area contributed by atoms with Crippen LogP contribution in [0.4, 0.5) is 0 Å². The van der Waals surface area contributed by atoms with Crippen LogP contribution in [0.15, 0.2) is 109 Å². The lowest BCUT2D eigenvalue weighted by Crippen LogP contribution is -2.07. The van der Waals surface area contributed by atoms with Crippen molar-refractivity contribution in [1.29, 1.82) is 0 Å². The van der Waals surface area contributed by atoms with Crippen LogP contribution in [0.5, 0.6) is 17.2 Å². The van der Waals surface area contributed by atoms with Crippen molar-refractivity contribution in [3.8, 4) is 17.2 Å². The molecule has 0 atom stereocenters. The second-order valence-corrected chi connectivity index (χ2v) is 10.4. The average Bonchev–Trinajstić information content (AvgIpc) is 2.84. The third-order valence-corrected chi connectivity index (χ3v) is 6.96. The van der Waals surface area contributed by atoms with Gasteiger partial charge in [-0.1, -0.05) is 86.6 Å². The van der Waals surface area contributed by atoms with E-state index in [1.54, 1.807) is 24.3 Å². The molecule has 0 saturated carbocycles. The first-order valence-electron chi connectivity index (χ1n) is 11.7. The highest BCUT2D eigenvalue weighted by molar-refractivity contribution is 7.49. The van der Waals surface area contributed by atoms with E-state index in [-0.39, 0.29) is 0 Å². The lowest BCUT2D eigenvalue weighted by molar-refractivity contribution is 0.298. The van der Waals surface area contributed by atoms with Crippen LogP contribution in [0.3, 0.4) is 0 Å². The van der Waals surface area contributed by atoms with Crippen molar-refractivity contribution >= 4 is 29.4 Å². The van der Waals surface area contributed by atoms with Gasteiger partial charge < -0.3 is 13.6 Å². The van der Waals surface area contributed by atoms with Crippen LogP contribution in [0.1, 0.15) is 19.4 Å². The van der Waals surface area contributed by atoms with Crippen LogP contribution < -0.4 is 13.6 Å². The summed E-state index contributed by atoms with van der Waals surface area (Å²) in [7, 11) is -4.08. The van der Waals surface area contributed by atoms with E-state index in [0.717, 1.165) is 28.0 Å². The number of rotatable bonds is 8. The third kappa shape index (κ3) is 5.67. The first-order valence-corrected chi connectivity index (χ1v) is 13.2. The molecule has 0 amide bonds. The third-order valence-electron chi connectivity index (χ3n) is 5.66. The summed E-state index contributed by atoms with van der Waals surface area (Å²) < 4.78 is 31.8. The van der Waals surface area contributed by atoms with Crippen LogP contribution in [0.25, 0.3) is 21.5 Å². The van der Waals surface area contributed by atoms with E-state index in [0.29, 0.717) is 23.2 Å². The molecule has 5 aromatic rings. The molecule has 176 valence electrons. The van der Waals surface area contributed by atoms with Gasteiger partial charge in [-0.25, -0.2) is 0 Å². The standard InChI is InChI=1S/C30H27O4P/c1-22(2)19-23-11-15-28(16-12-23)32-35(31,33-29-17-13-24-7-3-5-9-26(24)20-29)34-30-18-14-25-8-4-6-10-27(25)21-30/h3-18,20-22H,19H2,1-2H3. The zero-order valence-electron chi connectivity index (χ0n) is 19.8. The molecule has 0 spiro atoms. The van der Waals surface area contributed by atoms with Gasteiger partial charge in [-0.3, -0.25) is 0 Å². The normalized spacial score (nSPS) is 11.6. The molecule has 5 heteroatoms. The minimum Gasteiger partial charge on any atom is -0.386 e. The van der Waals surface area contributed by atoms with Crippen LogP contribution in [-0.4, -0.2) is 0 Å². The van der Waals surface area contributed by atoms with Gasteiger partial charge in [0, 0.05) is 0 Å². The number of fused-ring (bicyclic) bond motifs is 2. The average molecular weight is 483 g/mol. The van der Waals surface area contributed by atoms with Crippen molar-refractivity contribution < 1.29 is 18.1 Å². The van der Waals surface area contributed by atoms with Gasteiger partial charge in [-0.05, 0) is 75.8 Å². The molecule has 0 radical (unpaired) electrons. The maximum Gasteiger partial charge on any atom is 0.647 e. The second-order valence-electron chi connectivity index (χ2n) is 8.98. The summed E-state index contributed by atoms with van der Waals surface area (Å²) >= 11 is 0. The van der Waals surface area contributed by atoms with E-state index in [1.165, 1.54) is 5.56 Å². The molecular weight excluding hydrogens is 455 g/mol. The number of phosphoric ester groups is 1. The Bertz CT molecular complexity index is 1420. The van der Waals surface area contributed by atoms with Crippen molar-refractivity contribution in [1.82, 2.24) is 0 Å². The summed E-state index contributed by atoms with van der Waals surface area (Å²) in [6.07, 6.45) is 0.957. The highest BCUT2D eigenvalue weighted by atomic mass is 31.2. The van der Waals surface area contributed by atoms with Crippen LogP contribution in [0.2, 0.25) is 0 Å². The predicted molar refractivity (Wildman–Crippen MR) is 142 cm³/mol. The highest BCUT2D eigenvalue weighted by Gasteiger charge is 2.33. The first kappa shape index (κ1) is 23.0. The molecule has 5 rings (SSSR count). The molecule has 4 nitrogen and oxygen atoms in total. The molecule has 0 unspecified atom stereocenters. The monoisotopic (exact) mass is 482 g/mol. The zero-order valence-corrected chi connectivity index (χ0v) is 20.7. The van der Waals surface area contributed by atoms with Gasteiger partial charge >= 0.3 is 7.82 Å². The van der Waals surface area contributed by atoms with Gasteiger partial charge in [0.15, 0.2) is 0 Å². The lowest BCUT2D eigenvalue weighted by atomic mass is 10.0. The van der Waals surface area contributed by atoms with Gasteiger partial charge in [0.1, 0.15) is 17.2 Å². The Balaban J connectivity index is 1.46. The lowest BCUT2D eigenvalue weighted by Gasteiger charge is -2.20. The van der Waals surface area contributed by atoms with Crippen molar-refractivity contribution in [2.24, 2.45) is 5.92 Å². The van der Waals surface area contributed by atoms with Crippen LogP contribution in [-0.2, 0) is 11.0 Å². The summed E-state index contributed by atoms with van der Waals surface area (Å²) in [6, 6.07) is 34.5. The van der Waals surface area contributed by atoms with E-state index < -0.39 is 7.82 Å². The van der Waals surface area contributed by atoms with Gasteiger partial charge in [0.25, 0.3) is 0 Å². The highest BCUT2D eigenvalue weighted by Crippen LogP contribution is 2.50. The van der Waals surface area contributed by atoms with Gasteiger partial charge in [-0.2, -0.15) is 4.57 Å². The molecule has 35 heavy (non-hydrogen) atoms. The molecule has 0 aliphatic rings. The van der Waals surface area contributed by atoms with Gasteiger partial charge in [0.2, 0.25) is 0 Å². The summed E-state index contributed by atoms with van der Waals surface area (Å²) in [5, 5.41) is 4.07. The Labute approximate surface area is 205 Å². The molecular formula is C30H27O4P. The second kappa shape index (κ2) is 9.85. The van der Waals surface area contributed by atoms with E-state index in [1.807, 2.05) is 84.9 Å². The van der Waals surface area contributed by atoms with E-state index in [4.69, 9.17) is 13.6 Å². The Morgan fingerprint density at radius 3 is 1.49 bits per heavy atom.